The van der Waals surface area contributed by atoms with E-state index in [0.717, 1.165) is 27.4 Å². The number of para-hydroxylation sites is 1. The van der Waals surface area contributed by atoms with E-state index in [1.54, 1.807) is 18.3 Å². The highest BCUT2D eigenvalue weighted by atomic mass is 35.5. The van der Waals surface area contributed by atoms with Gasteiger partial charge in [-0.1, -0.05) is 29.8 Å². The molecule has 7 heteroatoms. The summed E-state index contributed by atoms with van der Waals surface area (Å²) < 4.78 is 5.80. The number of ether oxygens (including phenoxy) is 1. The average molecular weight is 433 g/mol. The van der Waals surface area contributed by atoms with Crippen molar-refractivity contribution in [2.45, 2.75) is 6.92 Å². The maximum Gasteiger partial charge on any atom is 0.227 e. The second kappa shape index (κ2) is 8.95. The van der Waals surface area contributed by atoms with Crippen LogP contribution in [0.4, 0.5) is 11.6 Å². The summed E-state index contributed by atoms with van der Waals surface area (Å²) in [6, 6.07) is 19.3. The summed E-state index contributed by atoms with van der Waals surface area (Å²) in [5, 5.41) is 15.3. The van der Waals surface area contributed by atoms with Crippen LogP contribution in [0.3, 0.4) is 0 Å². The smallest absolute Gasteiger partial charge is 0.227 e. The van der Waals surface area contributed by atoms with Crippen LogP contribution < -0.4 is 10.1 Å². The van der Waals surface area contributed by atoms with Crippen LogP contribution >= 0.6 is 22.9 Å². The van der Waals surface area contributed by atoms with Crippen molar-refractivity contribution in [3.05, 3.63) is 76.8 Å². The Morgan fingerprint density at radius 3 is 2.77 bits per heavy atom. The highest BCUT2D eigenvalue weighted by molar-refractivity contribution is 7.14. The number of benzene rings is 2. The first-order valence-electron chi connectivity index (χ1n) is 9.29. The molecule has 0 bridgehead atoms. The van der Waals surface area contributed by atoms with Gasteiger partial charge in [-0.15, -0.1) is 11.3 Å². The van der Waals surface area contributed by atoms with Crippen LogP contribution in [0, 0.1) is 11.3 Å². The van der Waals surface area contributed by atoms with E-state index in [0.29, 0.717) is 28.9 Å². The van der Waals surface area contributed by atoms with Gasteiger partial charge in [0, 0.05) is 33.4 Å². The SMILES string of the molecule is CCOc1cc(Cl)ccc1-c1c(C#N)csc1-c1ccnc(Nc2ccccc2)n1. The zero-order valence-corrected chi connectivity index (χ0v) is 17.7. The van der Waals surface area contributed by atoms with E-state index >= 15 is 0 Å². The van der Waals surface area contributed by atoms with Crippen LogP contribution in [-0.4, -0.2) is 16.6 Å². The fraction of sp³-hybridized carbons (Fsp3) is 0.0870. The standard InChI is InChI=1S/C23H17ClN4OS/c1-2-29-20-12-16(24)8-9-18(20)21-15(13-25)14-30-22(21)19-10-11-26-23(28-19)27-17-6-4-3-5-7-17/h3-12,14H,2H2,1H3,(H,26,27,28). The molecule has 0 aliphatic heterocycles. The molecule has 0 radical (unpaired) electrons. The van der Waals surface area contributed by atoms with E-state index in [1.807, 2.05) is 54.8 Å². The molecular formula is C23H17ClN4OS. The molecule has 2 aromatic heterocycles. The summed E-state index contributed by atoms with van der Waals surface area (Å²) in [5.74, 6) is 1.12. The molecule has 2 aromatic carbocycles. The normalized spacial score (nSPS) is 10.4. The molecule has 0 spiro atoms. The zero-order valence-electron chi connectivity index (χ0n) is 16.1. The number of nitrogens with one attached hydrogen (secondary N) is 1. The minimum atomic E-state index is 0.484. The first-order valence-corrected chi connectivity index (χ1v) is 10.5. The van der Waals surface area contributed by atoms with E-state index in [2.05, 4.69) is 21.4 Å². The highest BCUT2D eigenvalue weighted by Gasteiger charge is 2.20. The summed E-state index contributed by atoms with van der Waals surface area (Å²) >= 11 is 7.64. The molecule has 4 rings (SSSR count). The van der Waals surface area contributed by atoms with Crippen LogP contribution in [0.1, 0.15) is 12.5 Å². The van der Waals surface area contributed by atoms with Crippen LogP contribution in [0.15, 0.2) is 66.2 Å². The quantitative estimate of drug-likeness (QED) is 0.374. The van der Waals surface area contributed by atoms with Gasteiger partial charge in [0.2, 0.25) is 5.95 Å². The number of rotatable bonds is 6. The Morgan fingerprint density at radius 1 is 1.17 bits per heavy atom. The van der Waals surface area contributed by atoms with Crippen LogP contribution in [-0.2, 0) is 0 Å². The summed E-state index contributed by atoms with van der Waals surface area (Å²) in [6.45, 7) is 2.41. The number of anilines is 2. The topological polar surface area (TPSA) is 70.8 Å². The number of hydrogen-bond donors (Lipinski definition) is 1. The molecule has 0 unspecified atom stereocenters. The van der Waals surface area contributed by atoms with Crippen molar-refractivity contribution < 1.29 is 4.74 Å². The molecule has 30 heavy (non-hydrogen) atoms. The molecule has 2 heterocycles. The minimum Gasteiger partial charge on any atom is -0.493 e. The number of nitrogens with zero attached hydrogens (tertiary/aromatic N) is 3. The van der Waals surface area contributed by atoms with E-state index in [9.17, 15) is 5.26 Å². The Bertz CT molecular complexity index is 1220. The first kappa shape index (κ1) is 19.9. The lowest BCUT2D eigenvalue weighted by Crippen LogP contribution is -1.98. The number of hydrogen-bond acceptors (Lipinski definition) is 6. The van der Waals surface area contributed by atoms with Gasteiger partial charge in [0.25, 0.3) is 0 Å². The fourth-order valence-corrected chi connectivity index (χ4v) is 4.21. The van der Waals surface area contributed by atoms with Gasteiger partial charge in [-0.25, -0.2) is 9.97 Å². The van der Waals surface area contributed by atoms with Gasteiger partial charge in [0.15, 0.2) is 0 Å². The Morgan fingerprint density at radius 2 is 2.00 bits per heavy atom. The van der Waals surface area contributed by atoms with Gasteiger partial charge in [-0.05, 0) is 43.3 Å². The molecule has 0 saturated carbocycles. The highest BCUT2D eigenvalue weighted by Crippen LogP contribution is 2.43. The monoisotopic (exact) mass is 432 g/mol. The van der Waals surface area contributed by atoms with Gasteiger partial charge in [0.1, 0.15) is 11.8 Å². The molecular weight excluding hydrogens is 416 g/mol. The number of halogens is 1. The zero-order chi connectivity index (χ0) is 20.9. The molecule has 0 saturated heterocycles. The molecule has 5 nitrogen and oxygen atoms in total. The van der Waals surface area contributed by atoms with E-state index < -0.39 is 0 Å². The first-order chi connectivity index (χ1) is 14.7. The molecule has 0 amide bonds. The molecule has 0 atom stereocenters. The summed E-state index contributed by atoms with van der Waals surface area (Å²) in [6.07, 6.45) is 1.70. The molecule has 1 N–H and O–H groups in total. The van der Waals surface area contributed by atoms with Gasteiger partial charge in [-0.3, -0.25) is 0 Å². The van der Waals surface area contributed by atoms with Gasteiger partial charge >= 0.3 is 0 Å². The van der Waals surface area contributed by atoms with Crippen molar-refractivity contribution in [3.8, 4) is 33.5 Å². The van der Waals surface area contributed by atoms with Gasteiger partial charge in [0.05, 0.1) is 22.7 Å². The maximum absolute atomic E-state index is 9.71. The fourth-order valence-electron chi connectivity index (χ4n) is 3.07. The largest absolute Gasteiger partial charge is 0.493 e. The average Bonchev–Trinajstić information content (AvgIpc) is 3.19. The van der Waals surface area contributed by atoms with Gasteiger partial charge in [-0.2, -0.15) is 5.26 Å². The van der Waals surface area contributed by atoms with E-state index in [1.165, 1.54) is 11.3 Å². The molecule has 148 valence electrons. The van der Waals surface area contributed by atoms with Gasteiger partial charge < -0.3 is 10.1 Å². The molecule has 0 aliphatic carbocycles. The minimum absolute atomic E-state index is 0.484. The lowest BCUT2D eigenvalue weighted by molar-refractivity contribution is 0.341. The third-order valence-corrected chi connectivity index (χ3v) is 5.58. The van der Waals surface area contributed by atoms with E-state index in [4.69, 9.17) is 16.3 Å². The van der Waals surface area contributed by atoms with Crippen molar-refractivity contribution in [1.29, 1.82) is 5.26 Å². The lowest BCUT2D eigenvalue weighted by Gasteiger charge is -2.12. The number of aromatic nitrogens is 2. The van der Waals surface area contributed by atoms with Crippen molar-refractivity contribution >= 4 is 34.6 Å². The second-order valence-electron chi connectivity index (χ2n) is 6.30. The summed E-state index contributed by atoms with van der Waals surface area (Å²) in [4.78, 5) is 9.87. The van der Waals surface area contributed by atoms with Crippen molar-refractivity contribution in [3.63, 3.8) is 0 Å². The van der Waals surface area contributed by atoms with Crippen LogP contribution in [0.5, 0.6) is 5.75 Å². The summed E-state index contributed by atoms with van der Waals surface area (Å²) in [5.41, 5.74) is 3.78. The van der Waals surface area contributed by atoms with Crippen molar-refractivity contribution in [2.75, 3.05) is 11.9 Å². The molecule has 4 aromatic rings. The Hall–Kier alpha value is -3.40. The maximum atomic E-state index is 9.71. The van der Waals surface area contributed by atoms with E-state index in [-0.39, 0.29) is 0 Å². The molecule has 0 aliphatic rings. The third kappa shape index (κ3) is 4.13. The van der Waals surface area contributed by atoms with Crippen molar-refractivity contribution in [1.82, 2.24) is 9.97 Å². The molecule has 0 fully saturated rings. The Labute approximate surface area is 183 Å². The van der Waals surface area contributed by atoms with Crippen LogP contribution in [0.25, 0.3) is 21.7 Å². The number of thiophene rings is 1. The second-order valence-corrected chi connectivity index (χ2v) is 7.61. The predicted octanol–water partition coefficient (Wildman–Crippen LogP) is 6.54. The Balaban J connectivity index is 1.80. The number of nitriles is 1. The predicted molar refractivity (Wildman–Crippen MR) is 121 cm³/mol. The Kier molecular flexibility index (Phi) is 5.94. The lowest BCUT2D eigenvalue weighted by atomic mass is 10.00. The van der Waals surface area contributed by atoms with Crippen LogP contribution in [0.2, 0.25) is 5.02 Å². The third-order valence-electron chi connectivity index (χ3n) is 4.34. The van der Waals surface area contributed by atoms with Crippen molar-refractivity contribution in [2.24, 2.45) is 0 Å². The summed E-state index contributed by atoms with van der Waals surface area (Å²) in [7, 11) is 0.